The maximum Gasteiger partial charge on any atom is 0.344 e. The number of aliphatic hydroxyl groups is 1. The second-order valence-corrected chi connectivity index (χ2v) is 4.92. The van der Waals surface area contributed by atoms with Crippen molar-refractivity contribution in [2.24, 2.45) is 5.92 Å². The second kappa shape index (κ2) is 8.86. The number of aliphatic hydroxyl groups excluding tert-OH is 1. The number of rotatable bonds is 5. The van der Waals surface area contributed by atoms with E-state index in [2.05, 4.69) is 0 Å². The molecule has 22 heavy (non-hydrogen) atoms. The van der Waals surface area contributed by atoms with Gasteiger partial charge >= 0.3 is 11.9 Å². The number of esters is 2. The van der Waals surface area contributed by atoms with Crippen LogP contribution in [0.5, 0.6) is 0 Å². The number of carbonyl (C=O) groups excluding carboxylic acids is 3. The molecule has 0 aromatic rings. The molecule has 1 rings (SSSR count). The number of amides is 1. The smallest absolute Gasteiger partial charge is 0.344 e. The van der Waals surface area contributed by atoms with E-state index < -0.39 is 35.5 Å². The van der Waals surface area contributed by atoms with E-state index in [9.17, 15) is 19.5 Å². The van der Waals surface area contributed by atoms with Crippen molar-refractivity contribution in [1.82, 2.24) is 4.90 Å². The molecule has 0 spiro atoms. The molecule has 2 unspecified atom stereocenters. The quantitative estimate of drug-likeness (QED) is 0.437. The predicted molar refractivity (Wildman–Crippen MR) is 78.7 cm³/mol. The van der Waals surface area contributed by atoms with Crippen LogP contribution in [0.15, 0.2) is 0 Å². The largest absolute Gasteiger partial charge is 0.464 e. The minimum atomic E-state index is -1.90. The molecular weight excluding hydrogens is 301 g/mol. The van der Waals surface area contributed by atoms with Crippen molar-refractivity contribution in [3.05, 3.63) is 0 Å². The fourth-order valence-corrected chi connectivity index (χ4v) is 2.98. The average Bonchev–Trinajstić information content (AvgIpc) is 2.72. The van der Waals surface area contributed by atoms with Gasteiger partial charge in [-0.2, -0.15) is 0 Å². The van der Waals surface area contributed by atoms with E-state index in [1.54, 1.807) is 20.8 Å². The van der Waals surface area contributed by atoms with Crippen LogP contribution in [0.4, 0.5) is 0 Å². The van der Waals surface area contributed by atoms with Crippen molar-refractivity contribution >= 4 is 47.4 Å². The number of carbonyl (C=O) groups is 3. The Morgan fingerprint density at radius 1 is 1.14 bits per heavy atom. The number of likely N-dealkylation sites (tertiary alicyclic amines) is 1. The Balaban J connectivity index is 0.00000441. The molecule has 2 atom stereocenters. The summed E-state index contributed by atoms with van der Waals surface area (Å²) in [5.41, 5.74) is -1.90. The maximum absolute atomic E-state index is 12.5. The molecule has 0 saturated carbocycles. The minimum Gasteiger partial charge on any atom is -0.464 e. The molecule has 121 valence electrons. The Labute approximate surface area is 152 Å². The molecule has 7 nitrogen and oxygen atoms in total. The number of nitrogens with zero attached hydrogens (tertiary/aromatic N) is 1. The molecule has 1 aliphatic heterocycles. The first-order valence-corrected chi connectivity index (χ1v) is 7.20. The number of hydrogen-bond donors (Lipinski definition) is 1. The van der Waals surface area contributed by atoms with Gasteiger partial charge in [0.2, 0.25) is 11.4 Å². The summed E-state index contributed by atoms with van der Waals surface area (Å²) in [6, 6.07) is 0. The zero-order valence-corrected chi connectivity index (χ0v) is 15.9. The third-order valence-corrected chi connectivity index (χ3v) is 3.77. The molecule has 0 aliphatic carbocycles. The Kier molecular flexibility index (Phi) is 8.61. The van der Waals surface area contributed by atoms with Crippen LogP contribution >= 0.6 is 0 Å². The Morgan fingerprint density at radius 3 is 1.91 bits per heavy atom. The summed E-state index contributed by atoms with van der Waals surface area (Å²) in [5, 5.41) is 10.1. The topological polar surface area (TPSA) is 93.1 Å². The molecule has 1 fully saturated rings. The van der Waals surface area contributed by atoms with Gasteiger partial charge in [-0.25, -0.2) is 9.59 Å². The fourth-order valence-electron chi connectivity index (χ4n) is 2.98. The molecular formula is C14H23NNaO6. The maximum atomic E-state index is 12.5. The Hall–Kier alpha value is -0.630. The van der Waals surface area contributed by atoms with Crippen LogP contribution in [0.25, 0.3) is 0 Å². The van der Waals surface area contributed by atoms with Crippen LogP contribution in [-0.2, 0) is 23.9 Å². The molecule has 1 saturated heterocycles. The van der Waals surface area contributed by atoms with Gasteiger partial charge in [-0.15, -0.1) is 0 Å². The Bertz CT molecular complexity index is 410. The summed E-state index contributed by atoms with van der Waals surface area (Å²) < 4.78 is 10.0. The molecule has 0 aromatic carbocycles. The van der Waals surface area contributed by atoms with Gasteiger partial charge in [0, 0.05) is 42.4 Å². The predicted octanol–water partition coefficient (Wildman–Crippen LogP) is 0.0674. The van der Waals surface area contributed by atoms with Gasteiger partial charge < -0.3 is 14.6 Å². The molecule has 1 aliphatic rings. The summed E-state index contributed by atoms with van der Waals surface area (Å²) in [7, 11) is 0. The third-order valence-electron chi connectivity index (χ3n) is 3.77. The van der Waals surface area contributed by atoms with Crippen molar-refractivity contribution in [3.63, 3.8) is 0 Å². The summed E-state index contributed by atoms with van der Waals surface area (Å²) in [6.07, 6.45) is -0.645. The molecule has 0 bridgehead atoms. The van der Waals surface area contributed by atoms with Crippen LogP contribution in [0.2, 0.25) is 0 Å². The minimum absolute atomic E-state index is 0. The van der Waals surface area contributed by atoms with Gasteiger partial charge in [-0.05, 0) is 26.7 Å². The molecule has 1 N–H and O–H groups in total. The SMILES string of the molecule is CCOC(=O)C1(C(=O)OCC)C(CC)CC(O)N1C(C)=O.[Na]. The van der Waals surface area contributed by atoms with Crippen LogP contribution in [0, 0.1) is 5.92 Å². The van der Waals surface area contributed by atoms with Gasteiger partial charge in [-0.3, -0.25) is 9.69 Å². The van der Waals surface area contributed by atoms with E-state index in [-0.39, 0.29) is 49.2 Å². The molecule has 1 amide bonds. The first-order valence-electron chi connectivity index (χ1n) is 7.20. The van der Waals surface area contributed by atoms with Crippen LogP contribution < -0.4 is 0 Å². The molecule has 0 aromatic heterocycles. The third kappa shape index (κ3) is 3.48. The second-order valence-electron chi connectivity index (χ2n) is 4.92. The fraction of sp³-hybridized carbons (Fsp3) is 0.786. The molecule has 8 heteroatoms. The van der Waals surface area contributed by atoms with Crippen molar-refractivity contribution in [3.8, 4) is 0 Å². The number of hydrogen-bond acceptors (Lipinski definition) is 6. The average molecular weight is 324 g/mol. The van der Waals surface area contributed by atoms with Gasteiger partial charge in [0.15, 0.2) is 0 Å². The zero-order chi connectivity index (χ0) is 16.2. The van der Waals surface area contributed by atoms with Crippen molar-refractivity contribution in [2.75, 3.05) is 13.2 Å². The summed E-state index contributed by atoms with van der Waals surface area (Å²) >= 11 is 0. The summed E-state index contributed by atoms with van der Waals surface area (Å²) in [4.78, 5) is 37.8. The van der Waals surface area contributed by atoms with Crippen LogP contribution in [0.1, 0.15) is 40.5 Å². The number of ether oxygens (including phenoxy) is 2. The van der Waals surface area contributed by atoms with E-state index in [4.69, 9.17) is 9.47 Å². The van der Waals surface area contributed by atoms with Crippen molar-refractivity contribution < 1.29 is 29.0 Å². The summed E-state index contributed by atoms with van der Waals surface area (Å²) in [6.45, 7) is 6.35. The van der Waals surface area contributed by atoms with Gasteiger partial charge in [0.05, 0.1) is 13.2 Å². The first-order chi connectivity index (χ1) is 9.87. The van der Waals surface area contributed by atoms with Crippen LogP contribution in [-0.4, -0.2) is 82.4 Å². The van der Waals surface area contributed by atoms with E-state index in [0.717, 1.165) is 4.90 Å². The van der Waals surface area contributed by atoms with E-state index >= 15 is 0 Å². The van der Waals surface area contributed by atoms with E-state index in [1.807, 2.05) is 0 Å². The van der Waals surface area contributed by atoms with E-state index in [0.29, 0.717) is 6.42 Å². The normalized spacial score (nSPS) is 22.7. The van der Waals surface area contributed by atoms with Gasteiger partial charge in [0.1, 0.15) is 6.23 Å². The molecule has 1 heterocycles. The van der Waals surface area contributed by atoms with Gasteiger partial charge in [0.25, 0.3) is 0 Å². The van der Waals surface area contributed by atoms with Crippen LogP contribution in [0.3, 0.4) is 0 Å². The monoisotopic (exact) mass is 324 g/mol. The summed E-state index contributed by atoms with van der Waals surface area (Å²) in [5.74, 6) is -2.81. The van der Waals surface area contributed by atoms with E-state index in [1.165, 1.54) is 6.92 Å². The zero-order valence-electron chi connectivity index (χ0n) is 13.9. The first kappa shape index (κ1) is 21.4. The van der Waals surface area contributed by atoms with Crippen molar-refractivity contribution in [2.45, 2.75) is 52.3 Å². The standard InChI is InChI=1S/C14H23NO6.Na/c1-5-10-8-11(17)15(9(4)16)14(10,12(18)20-6-2)13(19)21-7-3;/h10-11,17H,5-8H2,1-4H3;. The van der Waals surface area contributed by atoms with Gasteiger partial charge in [-0.1, -0.05) is 6.92 Å². The van der Waals surface area contributed by atoms with Crippen molar-refractivity contribution in [1.29, 1.82) is 0 Å². The Morgan fingerprint density at radius 2 is 1.59 bits per heavy atom. The molecule has 1 radical (unpaired) electrons.